The van der Waals surface area contributed by atoms with Crippen molar-refractivity contribution in [1.29, 1.82) is 0 Å². The standard InChI is InChI=1S/C40H59N7O2.C32H34N2O2S/c1-36(2,3)28-16-26(17-29(20-28)37(4,5)6)33-24-46(44-42-33)22-32(41-35(48)49-40(13,14)15)23-47-25-34(43-45-47)27-18-30(38(7,8)9)21-31(19-27)39(10,11)12;1-5-25-13-17-29(18-14-25)35-21-23-37-24-22-36-30-19-15-26(16-20-30)6-2-8-28-10-4-12-32(34-28)31-11-3-9-27(7-1)33-31/h16-21,24-25,32H,22-23H2,1-15H3,(H,41,48);3-4,9-20H,1-2,5-8,21-24H2. The van der Waals surface area contributed by atoms with Gasteiger partial charge in [-0.25, -0.2) is 14.2 Å². The lowest BCUT2D eigenvalue weighted by molar-refractivity contribution is 0.0491. The molecule has 13 nitrogen and oxygen atoms in total. The van der Waals surface area contributed by atoms with Crippen molar-refractivity contribution in [2.24, 2.45) is 0 Å². The van der Waals surface area contributed by atoms with Gasteiger partial charge in [-0.05, 0) is 187 Å². The van der Waals surface area contributed by atoms with E-state index < -0.39 is 17.7 Å². The third-order valence-corrected chi connectivity index (χ3v) is 16.0. The van der Waals surface area contributed by atoms with Crippen LogP contribution in [0, 0.1) is 0 Å². The van der Waals surface area contributed by atoms with Crippen LogP contribution in [-0.4, -0.2) is 82.4 Å². The Labute approximate surface area is 516 Å². The predicted octanol–water partition coefficient (Wildman–Crippen LogP) is 16.0. The van der Waals surface area contributed by atoms with Crippen LogP contribution in [0.2, 0.25) is 0 Å². The molecule has 3 aliphatic rings. The van der Waals surface area contributed by atoms with E-state index in [0.717, 1.165) is 107 Å². The molecular weight excluding hydrogens is 1090 g/mol. The molecule has 0 saturated carbocycles. The molecule has 11 rings (SSSR count). The maximum absolute atomic E-state index is 13.0. The molecule has 1 N–H and O–H groups in total. The molecule has 0 atom stereocenters. The van der Waals surface area contributed by atoms with Crippen molar-refractivity contribution in [2.45, 2.75) is 189 Å². The molecule has 14 heteroatoms. The SMILES string of the molecule is CC(C)(C)OC(=O)NC(Cn1cc(-c2cc(C(C)(C)C)cc(C(C)(C)C)c2)nn1)Cn1cc(-c2cc(C(C)(C)C)cc(C(C)(C)C)c2)nn1.c1cc2nc(c1)-c1cccc(n1)CCCc1ccc(cc1)OCCSCCOc1ccc(cc1)CCC2. The van der Waals surface area contributed by atoms with Gasteiger partial charge in [-0.3, -0.25) is 9.97 Å². The highest BCUT2D eigenvalue weighted by atomic mass is 32.2. The Bertz CT molecular complexity index is 3200. The Morgan fingerprint density at radius 3 is 1.26 bits per heavy atom. The molecule has 3 aliphatic heterocycles. The van der Waals surface area contributed by atoms with Gasteiger partial charge in [0, 0.05) is 34.0 Å². The Hall–Kier alpha value is -7.32. The third kappa shape index (κ3) is 19.6. The van der Waals surface area contributed by atoms with Crippen LogP contribution < -0.4 is 14.8 Å². The zero-order valence-corrected chi connectivity index (χ0v) is 54.7. The number of hydrogen-bond acceptors (Lipinski definition) is 11. The zero-order valence-electron chi connectivity index (χ0n) is 53.9. The first-order chi connectivity index (χ1) is 40.6. The van der Waals surface area contributed by atoms with Crippen molar-refractivity contribution in [3.8, 4) is 45.4 Å². The average Bonchev–Trinajstić information content (AvgIpc) is 4.07. The van der Waals surface area contributed by atoms with Gasteiger partial charge in [0.2, 0.25) is 0 Å². The van der Waals surface area contributed by atoms with Gasteiger partial charge in [0.1, 0.15) is 28.5 Å². The normalized spacial score (nSPS) is 14.1. The van der Waals surface area contributed by atoms with Gasteiger partial charge in [-0.2, -0.15) is 11.8 Å². The fraction of sp³-hybridized carbons (Fsp3) is 0.458. The number of rotatable bonds is 7. The van der Waals surface area contributed by atoms with E-state index in [-0.39, 0.29) is 21.7 Å². The fourth-order valence-corrected chi connectivity index (χ4v) is 10.5. The first-order valence-electron chi connectivity index (χ1n) is 30.7. The number of alkyl carbamates (subject to hydrolysis) is 1. The van der Waals surface area contributed by atoms with E-state index in [0.29, 0.717) is 26.3 Å². The number of amides is 1. The minimum atomic E-state index is -0.638. The Balaban J connectivity index is 0.000000232. The van der Waals surface area contributed by atoms with E-state index in [1.54, 1.807) is 9.36 Å². The maximum Gasteiger partial charge on any atom is 0.407 e. The van der Waals surface area contributed by atoms with Crippen LogP contribution in [0.3, 0.4) is 0 Å². The largest absolute Gasteiger partial charge is 0.493 e. The van der Waals surface area contributed by atoms with E-state index in [9.17, 15) is 4.79 Å². The number of pyridine rings is 2. The lowest BCUT2D eigenvalue weighted by atomic mass is 9.79. The highest BCUT2D eigenvalue weighted by molar-refractivity contribution is 7.99. The number of aryl methyl sites for hydroxylation is 4. The summed E-state index contributed by atoms with van der Waals surface area (Å²) in [5, 5.41) is 21.2. The Morgan fingerprint density at radius 1 is 0.512 bits per heavy atom. The molecule has 0 saturated heterocycles. The van der Waals surface area contributed by atoms with E-state index in [4.69, 9.17) is 24.2 Å². The second-order valence-corrected chi connectivity index (χ2v) is 29.2. The molecule has 7 heterocycles. The van der Waals surface area contributed by atoms with Crippen LogP contribution in [0.4, 0.5) is 4.79 Å². The summed E-state index contributed by atoms with van der Waals surface area (Å²) in [6.45, 7) is 34.4. The summed E-state index contributed by atoms with van der Waals surface area (Å²) in [6.07, 6.45) is 9.45. The summed E-state index contributed by atoms with van der Waals surface area (Å²) in [6, 6.07) is 42.6. The molecule has 0 radical (unpaired) electrons. The summed E-state index contributed by atoms with van der Waals surface area (Å²) in [5.41, 5.74) is 14.7. The number of carbonyl (C=O) groups excluding carboxylic acids is 1. The van der Waals surface area contributed by atoms with Crippen molar-refractivity contribution >= 4 is 17.9 Å². The molecule has 0 unspecified atom stereocenters. The van der Waals surface area contributed by atoms with Crippen LogP contribution in [0.1, 0.15) is 161 Å². The number of benzene rings is 4. The lowest BCUT2D eigenvalue weighted by Crippen LogP contribution is -2.43. The smallest absolute Gasteiger partial charge is 0.407 e. The summed E-state index contributed by atoms with van der Waals surface area (Å²) >= 11 is 1.86. The van der Waals surface area contributed by atoms with Crippen LogP contribution in [0.15, 0.2) is 134 Å². The van der Waals surface area contributed by atoms with Gasteiger partial charge >= 0.3 is 6.09 Å². The topological polar surface area (TPSA) is 144 Å². The van der Waals surface area contributed by atoms with Crippen LogP contribution in [0.25, 0.3) is 33.9 Å². The van der Waals surface area contributed by atoms with Crippen molar-refractivity contribution in [1.82, 2.24) is 45.3 Å². The van der Waals surface area contributed by atoms with Gasteiger partial charge in [-0.1, -0.05) is 142 Å². The minimum Gasteiger partial charge on any atom is -0.493 e. The van der Waals surface area contributed by atoms with Crippen LogP contribution in [0.5, 0.6) is 11.5 Å². The third-order valence-electron chi connectivity index (χ3n) is 15.0. The second-order valence-electron chi connectivity index (χ2n) is 27.9. The number of nitrogens with zero attached hydrogens (tertiary/aromatic N) is 8. The number of hydrogen-bond donors (Lipinski definition) is 1. The van der Waals surface area contributed by atoms with E-state index in [1.807, 2.05) is 44.9 Å². The summed E-state index contributed by atoms with van der Waals surface area (Å²) < 4.78 is 21.0. The molecule has 0 aliphatic carbocycles. The molecule has 86 heavy (non-hydrogen) atoms. The molecule has 8 aromatic rings. The Kier molecular flexibility index (Phi) is 21.1. The number of aromatic nitrogens is 8. The number of nitrogens with one attached hydrogen (secondary N) is 1. The van der Waals surface area contributed by atoms with Crippen molar-refractivity contribution in [2.75, 3.05) is 24.7 Å². The highest BCUT2D eigenvalue weighted by Gasteiger charge is 2.26. The molecule has 0 fully saturated rings. The van der Waals surface area contributed by atoms with E-state index in [1.165, 1.54) is 33.4 Å². The molecule has 8 bridgehead atoms. The average molecular weight is 1180 g/mol. The number of ether oxygens (including phenoxy) is 3. The number of fused-ring (bicyclic) bond motifs is 2. The van der Waals surface area contributed by atoms with Gasteiger partial charge in [-0.15, -0.1) is 10.2 Å². The zero-order chi connectivity index (χ0) is 61.9. The van der Waals surface area contributed by atoms with Gasteiger partial charge < -0.3 is 19.5 Å². The van der Waals surface area contributed by atoms with Gasteiger partial charge in [0.15, 0.2) is 0 Å². The highest BCUT2D eigenvalue weighted by Crippen LogP contribution is 2.35. The second kappa shape index (κ2) is 28.0. The first-order valence-corrected chi connectivity index (χ1v) is 31.8. The molecule has 4 aromatic carbocycles. The van der Waals surface area contributed by atoms with Crippen LogP contribution >= 0.6 is 11.8 Å². The predicted molar refractivity (Wildman–Crippen MR) is 352 cm³/mol. The summed E-state index contributed by atoms with van der Waals surface area (Å²) in [7, 11) is 0. The fourth-order valence-electron chi connectivity index (χ4n) is 9.91. The van der Waals surface area contributed by atoms with Crippen molar-refractivity contribution < 1.29 is 19.0 Å². The minimum absolute atomic E-state index is 0.0204. The summed E-state index contributed by atoms with van der Waals surface area (Å²) in [5.74, 6) is 3.77. The number of carbonyl (C=O) groups is 1. The molecule has 0 spiro atoms. The number of thioether (sulfide) groups is 1. The van der Waals surface area contributed by atoms with E-state index in [2.05, 4.69) is 230 Å². The van der Waals surface area contributed by atoms with Crippen molar-refractivity contribution in [3.63, 3.8) is 0 Å². The van der Waals surface area contributed by atoms with Crippen molar-refractivity contribution in [3.05, 3.63) is 178 Å². The first kappa shape index (κ1) is 64.7. The summed E-state index contributed by atoms with van der Waals surface area (Å²) in [4.78, 5) is 22.9. The van der Waals surface area contributed by atoms with Gasteiger partial charge in [0.05, 0.1) is 56.1 Å². The van der Waals surface area contributed by atoms with Gasteiger partial charge in [0.25, 0.3) is 0 Å². The molecular formula is C72H93N9O4S. The lowest BCUT2D eigenvalue weighted by Gasteiger charge is -2.26. The maximum atomic E-state index is 13.0. The monoisotopic (exact) mass is 1180 g/mol. The molecule has 456 valence electrons. The van der Waals surface area contributed by atoms with E-state index >= 15 is 0 Å². The Morgan fingerprint density at radius 2 is 0.895 bits per heavy atom. The molecule has 4 aromatic heterocycles. The quantitative estimate of drug-likeness (QED) is 0.163. The molecule has 1 amide bonds. The van der Waals surface area contributed by atoms with Crippen LogP contribution in [-0.2, 0) is 65.2 Å².